The summed E-state index contributed by atoms with van der Waals surface area (Å²) in [5, 5.41) is 0. The Balaban J connectivity index is 2.54. The molecule has 100 valence electrons. The molecule has 0 saturated carbocycles. The van der Waals surface area contributed by atoms with Crippen molar-refractivity contribution in [3.8, 4) is 0 Å². The normalized spacial score (nSPS) is 12.3. The van der Waals surface area contributed by atoms with Crippen LogP contribution in [0.2, 0.25) is 0 Å². The first-order valence-electron chi connectivity index (χ1n) is 6.46. The predicted octanol–water partition coefficient (Wildman–Crippen LogP) is 2.04. The molecule has 0 spiro atoms. The molecule has 1 aromatic carbocycles. The van der Waals surface area contributed by atoms with Crippen LogP contribution in [-0.2, 0) is 11.2 Å². The number of nitrogens with two attached hydrogens (primary N) is 1. The number of hydrogen-bond donors (Lipinski definition) is 1. The SMILES string of the molecule is Cc1ccc(C)c(CCN(C)C(=O)CC(C)N)c1. The van der Waals surface area contributed by atoms with Crippen molar-refractivity contribution in [3.63, 3.8) is 0 Å². The third-order valence-corrected chi connectivity index (χ3v) is 3.14. The maximum absolute atomic E-state index is 11.8. The van der Waals surface area contributed by atoms with Crippen LogP contribution in [-0.4, -0.2) is 30.4 Å². The van der Waals surface area contributed by atoms with Crippen molar-refractivity contribution in [2.75, 3.05) is 13.6 Å². The third-order valence-electron chi connectivity index (χ3n) is 3.14. The summed E-state index contributed by atoms with van der Waals surface area (Å²) in [7, 11) is 1.84. The van der Waals surface area contributed by atoms with Crippen molar-refractivity contribution >= 4 is 5.91 Å². The molecule has 0 radical (unpaired) electrons. The van der Waals surface area contributed by atoms with Crippen molar-refractivity contribution in [2.45, 2.75) is 39.7 Å². The Morgan fingerprint density at radius 2 is 2.06 bits per heavy atom. The number of amides is 1. The second-order valence-electron chi connectivity index (χ2n) is 5.18. The standard InChI is InChI=1S/C15H24N2O/c1-11-5-6-12(2)14(9-11)7-8-17(4)15(18)10-13(3)16/h5-6,9,13H,7-8,10,16H2,1-4H3. The Kier molecular flexibility index (Phi) is 5.35. The number of aryl methyl sites for hydroxylation is 2. The Morgan fingerprint density at radius 1 is 1.39 bits per heavy atom. The van der Waals surface area contributed by atoms with Crippen LogP contribution in [0.3, 0.4) is 0 Å². The number of carbonyl (C=O) groups excluding carboxylic acids is 1. The van der Waals surface area contributed by atoms with Gasteiger partial charge in [0.25, 0.3) is 0 Å². The van der Waals surface area contributed by atoms with Gasteiger partial charge in [-0.25, -0.2) is 0 Å². The van der Waals surface area contributed by atoms with Gasteiger partial charge >= 0.3 is 0 Å². The number of carbonyl (C=O) groups is 1. The Morgan fingerprint density at radius 3 is 2.67 bits per heavy atom. The van der Waals surface area contributed by atoms with Gasteiger partial charge in [0.2, 0.25) is 5.91 Å². The van der Waals surface area contributed by atoms with Crippen LogP contribution in [0.1, 0.15) is 30.0 Å². The zero-order valence-electron chi connectivity index (χ0n) is 11.9. The maximum Gasteiger partial charge on any atom is 0.223 e. The molecule has 0 aliphatic heterocycles. The molecule has 0 aliphatic rings. The zero-order valence-corrected chi connectivity index (χ0v) is 11.9. The molecule has 0 aromatic heterocycles. The first-order valence-corrected chi connectivity index (χ1v) is 6.46. The van der Waals surface area contributed by atoms with E-state index in [0.29, 0.717) is 6.42 Å². The highest BCUT2D eigenvalue weighted by Crippen LogP contribution is 2.11. The fraction of sp³-hybridized carbons (Fsp3) is 0.533. The van der Waals surface area contributed by atoms with Gasteiger partial charge in [0, 0.05) is 26.1 Å². The molecule has 1 rings (SSSR count). The summed E-state index contributed by atoms with van der Waals surface area (Å²) in [6.07, 6.45) is 1.32. The highest BCUT2D eigenvalue weighted by atomic mass is 16.2. The van der Waals surface area contributed by atoms with Crippen LogP contribution in [0.25, 0.3) is 0 Å². The lowest BCUT2D eigenvalue weighted by atomic mass is 10.0. The predicted molar refractivity (Wildman–Crippen MR) is 75.5 cm³/mol. The lowest BCUT2D eigenvalue weighted by Crippen LogP contribution is -2.33. The lowest BCUT2D eigenvalue weighted by Gasteiger charge is -2.19. The van der Waals surface area contributed by atoms with Crippen molar-refractivity contribution in [3.05, 3.63) is 34.9 Å². The summed E-state index contributed by atoms with van der Waals surface area (Å²) in [6, 6.07) is 6.37. The van der Waals surface area contributed by atoms with E-state index in [-0.39, 0.29) is 11.9 Å². The molecule has 0 aliphatic carbocycles. The van der Waals surface area contributed by atoms with E-state index in [9.17, 15) is 4.79 Å². The molecule has 0 heterocycles. The molecule has 1 atom stereocenters. The van der Waals surface area contributed by atoms with Crippen molar-refractivity contribution in [1.82, 2.24) is 4.90 Å². The maximum atomic E-state index is 11.8. The molecule has 0 bridgehead atoms. The van der Waals surface area contributed by atoms with Crippen LogP contribution in [0.5, 0.6) is 0 Å². The Bertz CT molecular complexity index is 413. The monoisotopic (exact) mass is 248 g/mol. The molecular formula is C15H24N2O. The lowest BCUT2D eigenvalue weighted by molar-refractivity contribution is -0.130. The summed E-state index contributed by atoms with van der Waals surface area (Å²) in [4.78, 5) is 13.5. The fourth-order valence-electron chi connectivity index (χ4n) is 1.91. The fourth-order valence-corrected chi connectivity index (χ4v) is 1.91. The molecule has 1 amide bonds. The molecule has 3 heteroatoms. The second kappa shape index (κ2) is 6.55. The minimum absolute atomic E-state index is 0.0688. The molecule has 3 nitrogen and oxygen atoms in total. The number of nitrogens with zero attached hydrogens (tertiary/aromatic N) is 1. The summed E-state index contributed by atoms with van der Waals surface area (Å²) in [5.74, 6) is 0.121. The van der Waals surface area contributed by atoms with Crippen LogP contribution >= 0.6 is 0 Å². The van der Waals surface area contributed by atoms with Gasteiger partial charge in [-0.1, -0.05) is 23.8 Å². The molecular weight excluding hydrogens is 224 g/mol. The van der Waals surface area contributed by atoms with Gasteiger partial charge < -0.3 is 10.6 Å². The quantitative estimate of drug-likeness (QED) is 0.866. The van der Waals surface area contributed by atoms with Gasteiger partial charge in [-0.05, 0) is 38.3 Å². The van der Waals surface area contributed by atoms with Gasteiger partial charge in [0.1, 0.15) is 0 Å². The van der Waals surface area contributed by atoms with E-state index in [1.807, 2.05) is 14.0 Å². The van der Waals surface area contributed by atoms with Gasteiger partial charge in [-0.15, -0.1) is 0 Å². The third kappa shape index (κ3) is 4.49. The molecule has 2 N–H and O–H groups in total. The topological polar surface area (TPSA) is 46.3 Å². The minimum atomic E-state index is -0.0688. The number of rotatable bonds is 5. The highest BCUT2D eigenvalue weighted by Gasteiger charge is 2.11. The zero-order chi connectivity index (χ0) is 13.7. The summed E-state index contributed by atoms with van der Waals surface area (Å²) >= 11 is 0. The summed E-state index contributed by atoms with van der Waals surface area (Å²) in [6.45, 7) is 6.80. The first-order chi connectivity index (χ1) is 8.40. The van der Waals surface area contributed by atoms with Gasteiger partial charge in [-0.2, -0.15) is 0 Å². The average molecular weight is 248 g/mol. The van der Waals surface area contributed by atoms with Gasteiger partial charge in [0.05, 0.1) is 0 Å². The van der Waals surface area contributed by atoms with Crippen molar-refractivity contribution in [1.29, 1.82) is 0 Å². The number of likely N-dealkylation sites (N-methyl/N-ethyl adjacent to an activating group) is 1. The largest absolute Gasteiger partial charge is 0.345 e. The van der Waals surface area contributed by atoms with Gasteiger partial charge in [-0.3, -0.25) is 4.79 Å². The van der Waals surface area contributed by atoms with Crippen molar-refractivity contribution in [2.24, 2.45) is 5.73 Å². The second-order valence-corrected chi connectivity index (χ2v) is 5.18. The smallest absolute Gasteiger partial charge is 0.223 e. The van der Waals surface area contributed by atoms with E-state index in [0.717, 1.165) is 13.0 Å². The van der Waals surface area contributed by atoms with Gasteiger partial charge in [0.15, 0.2) is 0 Å². The molecule has 0 saturated heterocycles. The summed E-state index contributed by atoms with van der Waals surface area (Å²) < 4.78 is 0. The van der Waals surface area contributed by atoms with Crippen LogP contribution in [0.15, 0.2) is 18.2 Å². The average Bonchev–Trinajstić information content (AvgIpc) is 2.29. The number of hydrogen-bond acceptors (Lipinski definition) is 2. The molecule has 18 heavy (non-hydrogen) atoms. The van der Waals surface area contributed by atoms with E-state index in [1.165, 1.54) is 16.7 Å². The van der Waals surface area contributed by atoms with Crippen molar-refractivity contribution < 1.29 is 4.79 Å². The Hall–Kier alpha value is -1.35. The minimum Gasteiger partial charge on any atom is -0.345 e. The highest BCUT2D eigenvalue weighted by molar-refractivity contribution is 5.76. The molecule has 0 fully saturated rings. The van der Waals surface area contributed by atoms with E-state index >= 15 is 0 Å². The van der Waals surface area contributed by atoms with Crippen LogP contribution < -0.4 is 5.73 Å². The van der Waals surface area contributed by atoms with E-state index in [4.69, 9.17) is 5.73 Å². The Labute approximate surface area is 110 Å². The van der Waals surface area contributed by atoms with E-state index in [2.05, 4.69) is 32.0 Å². The van der Waals surface area contributed by atoms with E-state index < -0.39 is 0 Å². The molecule has 1 unspecified atom stereocenters. The van der Waals surface area contributed by atoms with E-state index in [1.54, 1.807) is 4.90 Å². The summed E-state index contributed by atoms with van der Waals surface area (Å²) in [5.41, 5.74) is 9.50. The first kappa shape index (κ1) is 14.7. The number of benzene rings is 1. The van der Waals surface area contributed by atoms with Crippen LogP contribution in [0, 0.1) is 13.8 Å². The molecule has 1 aromatic rings. The van der Waals surface area contributed by atoms with Crippen LogP contribution in [0.4, 0.5) is 0 Å².